The fraction of sp³-hybridized carbons (Fsp3) is 0.333. The zero-order valence-electron chi connectivity index (χ0n) is 11.4. The molecule has 104 valence electrons. The Morgan fingerprint density at radius 3 is 3.20 bits per heavy atom. The Kier molecular flexibility index (Phi) is 3.69. The lowest BCUT2D eigenvalue weighted by Gasteiger charge is -2.20. The zero-order valence-corrected chi connectivity index (χ0v) is 12.2. The van der Waals surface area contributed by atoms with Crippen molar-refractivity contribution >= 4 is 22.9 Å². The molecule has 0 fully saturated rings. The monoisotopic (exact) mass is 287 g/mol. The van der Waals surface area contributed by atoms with Crippen LogP contribution >= 0.6 is 11.3 Å². The van der Waals surface area contributed by atoms with Crippen molar-refractivity contribution in [2.75, 3.05) is 18.9 Å². The van der Waals surface area contributed by atoms with E-state index >= 15 is 0 Å². The Morgan fingerprint density at radius 2 is 2.40 bits per heavy atom. The highest BCUT2D eigenvalue weighted by Crippen LogP contribution is 2.23. The maximum absolute atomic E-state index is 12.4. The topological polar surface area (TPSA) is 45.2 Å². The zero-order chi connectivity index (χ0) is 13.9. The number of hydrogen-bond donors (Lipinski definition) is 1. The minimum atomic E-state index is 0.0476. The molecule has 1 aliphatic rings. The van der Waals surface area contributed by atoms with Gasteiger partial charge in [0.25, 0.3) is 5.91 Å². The molecule has 0 saturated carbocycles. The van der Waals surface area contributed by atoms with Crippen LogP contribution in [0.15, 0.2) is 29.1 Å². The van der Waals surface area contributed by atoms with Gasteiger partial charge in [-0.3, -0.25) is 4.79 Å². The highest BCUT2D eigenvalue weighted by molar-refractivity contribution is 7.07. The molecule has 1 aliphatic heterocycles. The molecule has 20 heavy (non-hydrogen) atoms. The molecule has 1 amide bonds. The first kappa shape index (κ1) is 13.1. The maximum Gasteiger partial charge on any atom is 0.253 e. The fourth-order valence-corrected chi connectivity index (χ4v) is 3.01. The maximum atomic E-state index is 12.4. The number of hydrogen-bond acceptors (Lipinski definition) is 4. The molecule has 3 rings (SSSR count). The molecule has 0 aliphatic carbocycles. The van der Waals surface area contributed by atoms with Crippen LogP contribution in [0.25, 0.3) is 0 Å². The van der Waals surface area contributed by atoms with Crippen LogP contribution in [-0.2, 0) is 13.0 Å². The second kappa shape index (κ2) is 5.63. The molecule has 0 spiro atoms. The van der Waals surface area contributed by atoms with Crippen LogP contribution in [0.1, 0.15) is 28.0 Å². The van der Waals surface area contributed by atoms with Crippen LogP contribution in [0.5, 0.6) is 0 Å². The summed E-state index contributed by atoms with van der Waals surface area (Å²) in [6.45, 7) is 1.57. The van der Waals surface area contributed by atoms with E-state index in [1.54, 1.807) is 21.7 Å². The van der Waals surface area contributed by atoms with E-state index in [1.807, 2.05) is 30.6 Å². The number of aryl methyl sites for hydroxylation is 1. The molecule has 0 bridgehead atoms. The number of anilines is 1. The number of carbonyl (C=O) groups is 1. The lowest BCUT2D eigenvalue weighted by Crippen LogP contribution is -2.26. The summed E-state index contributed by atoms with van der Waals surface area (Å²) in [5.41, 5.74) is 5.88. The molecule has 2 aromatic rings. The normalized spacial score (nSPS) is 13.4. The lowest BCUT2D eigenvalue weighted by atomic mass is 10.0. The van der Waals surface area contributed by atoms with Crippen molar-refractivity contribution in [1.82, 2.24) is 9.88 Å². The van der Waals surface area contributed by atoms with Crippen LogP contribution in [0.4, 0.5) is 5.69 Å². The first-order valence-corrected chi connectivity index (χ1v) is 7.67. The van der Waals surface area contributed by atoms with Crippen molar-refractivity contribution in [2.24, 2.45) is 0 Å². The molecule has 2 heterocycles. The Hall–Kier alpha value is -1.88. The summed E-state index contributed by atoms with van der Waals surface area (Å²) in [7, 11) is 1.82. The van der Waals surface area contributed by atoms with E-state index in [-0.39, 0.29) is 5.91 Å². The predicted molar refractivity (Wildman–Crippen MR) is 81.2 cm³/mol. The largest absolute Gasteiger partial charge is 0.385 e. The third-order valence-electron chi connectivity index (χ3n) is 3.52. The van der Waals surface area contributed by atoms with E-state index < -0.39 is 0 Å². The van der Waals surface area contributed by atoms with Crippen molar-refractivity contribution in [3.05, 3.63) is 45.9 Å². The van der Waals surface area contributed by atoms with Gasteiger partial charge in [-0.2, -0.15) is 0 Å². The first-order valence-electron chi connectivity index (χ1n) is 6.73. The molecule has 0 saturated heterocycles. The Labute approximate surface area is 122 Å². The Balaban J connectivity index is 1.76. The van der Waals surface area contributed by atoms with Gasteiger partial charge in [0.2, 0.25) is 0 Å². The van der Waals surface area contributed by atoms with E-state index in [4.69, 9.17) is 0 Å². The summed E-state index contributed by atoms with van der Waals surface area (Å²) in [6.07, 6.45) is 2.17. The number of thiazole rings is 1. The van der Waals surface area contributed by atoms with Gasteiger partial charge >= 0.3 is 0 Å². The van der Waals surface area contributed by atoms with Gasteiger partial charge in [0.1, 0.15) is 0 Å². The van der Waals surface area contributed by atoms with Crippen molar-refractivity contribution in [3.8, 4) is 0 Å². The highest BCUT2D eigenvalue weighted by atomic mass is 32.1. The van der Waals surface area contributed by atoms with Crippen molar-refractivity contribution in [1.29, 1.82) is 0 Å². The predicted octanol–water partition coefficient (Wildman–Crippen LogP) is 2.77. The average Bonchev–Trinajstić information content (AvgIpc) is 2.99. The van der Waals surface area contributed by atoms with E-state index in [1.165, 1.54) is 5.56 Å². The van der Waals surface area contributed by atoms with Crippen molar-refractivity contribution in [2.45, 2.75) is 19.4 Å². The Morgan fingerprint density at radius 1 is 1.50 bits per heavy atom. The molecule has 0 unspecified atom stereocenters. The van der Waals surface area contributed by atoms with Gasteiger partial charge in [-0.25, -0.2) is 4.98 Å². The fourth-order valence-electron chi connectivity index (χ4n) is 2.46. The number of nitrogens with zero attached hydrogens (tertiary/aromatic N) is 2. The second-order valence-corrected chi connectivity index (χ2v) is 5.76. The van der Waals surface area contributed by atoms with E-state index in [0.29, 0.717) is 6.54 Å². The quantitative estimate of drug-likeness (QED) is 0.944. The molecule has 1 N–H and O–H groups in total. The lowest BCUT2D eigenvalue weighted by molar-refractivity contribution is 0.0783. The SMILES string of the molecule is CN(Cc1cscn1)C(=O)c1ccc2c(c1)CCCN2. The molecule has 5 heteroatoms. The number of aromatic nitrogens is 1. The summed E-state index contributed by atoms with van der Waals surface area (Å²) in [6, 6.07) is 5.93. The molecule has 0 atom stereocenters. The number of carbonyl (C=O) groups excluding carboxylic acids is 1. The summed E-state index contributed by atoms with van der Waals surface area (Å²) in [4.78, 5) is 18.4. The molecule has 0 radical (unpaired) electrons. The molecular formula is C15H17N3OS. The molecule has 1 aromatic heterocycles. The molecule has 4 nitrogen and oxygen atoms in total. The number of fused-ring (bicyclic) bond motifs is 1. The third kappa shape index (κ3) is 2.67. The summed E-state index contributed by atoms with van der Waals surface area (Å²) >= 11 is 1.55. The first-order chi connectivity index (χ1) is 9.74. The number of amides is 1. The van der Waals surface area contributed by atoms with Gasteiger partial charge in [0.15, 0.2) is 0 Å². The van der Waals surface area contributed by atoms with Crippen LogP contribution in [-0.4, -0.2) is 29.4 Å². The number of nitrogens with one attached hydrogen (secondary N) is 1. The van der Waals surface area contributed by atoms with Gasteiger partial charge in [-0.15, -0.1) is 11.3 Å². The summed E-state index contributed by atoms with van der Waals surface area (Å²) < 4.78 is 0. The summed E-state index contributed by atoms with van der Waals surface area (Å²) in [5, 5.41) is 5.33. The van der Waals surface area contributed by atoms with Gasteiger partial charge in [0.05, 0.1) is 17.7 Å². The average molecular weight is 287 g/mol. The van der Waals surface area contributed by atoms with Gasteiger partial charge in [-0.1, -0.05) is 0 Å². The minimum absolute atomic E-state index is 0.0476. The highest BCUT2D eigenvalue weighted by Gasteiger charge is 2.16. The van der Waals surface area contributed by atoms with Crippen LogP contribution in [0.3, 0.4) is 0 Å². The van der Waals surface area contributed by atoms with E-state index in [2.05, 4.69) is 10.3 Å². The minimum Gasteiger partial charge on any atom is -0.385 e. The smallest absolute Gasteiger partial charge is 0.253 e. The van der Waals surface area contributed by atoms with Crippen molar-refractivity contribution < 1.29 is 4.79 Å². The third-order valence-corrected chi connectivity index (χ3v) is 4.16. The second-order valence-electron chi connectivity index (χ2n) is 5.04. The van der Waals surface area contributed by atoms with E-state index in [0.717, 1.165) is 36.3 Å². The van der Waals surface area contributed by atoms with Gasteiger partial charge in [0, 0.05) is 30.2 Å². The number of rotatable bonds is 3. The molecular weight excluding hydrogens is 270 g/mol. The Bertz CT molecular complexity index is 610. The van der Waals surface area contributed by atoms with Gasteiger partial charge in [-0.05, 0) is 36.6 Å². The van der Waals surface area contributed by atoms with Gasteiger partial charge < -0.3 is 10.2 Å². The summed E-state index contributed by atoms with van der Waals surface area (Å²) in [5.74, 6) is 0.0476. The molecule has 1 aromatic carbocycles. The van der Waals surface area contributed by atoms with Crippen LogP contribution in [0.2, 0.25) is 0 Å². The van der Waals surface area contributed by atoms with Crippen molar-refractivity contribution in [3.63, 3.8) is 0 Å². The van der Waals surface area contributed by atoms with Crippen LogP contribution < -0.4 is 5.32 Å². The van der Waals surface area contributed by atoms with Crippen LogP contribution in [0, 0.1) is 0 Å². The number of benzene rings is 1. The van der Waals surface area contributed by atoms with E-state index in [9.17, 15) is 4.79 Å². The standard InChI is InChI=1S/C15H17N3OS/c1-18(8-13-9-20-10-17-13)15(19)12-4-5-14-11(7-12)3-2-6-16-14/h4-5,7,9-10,16H,2-3,6,8H2,1H3.